The van der Waals surface area contributed by atoms with Crippen LogP contribution in [0.1, 0.15) is 15.9 Å². The minimum atomic E-state index is -0.762. The van der Waals surface area contributed by atoms with Gasteiger partial charge in [-0.25, -0.2) is 0 Å². The molecule has 1 fully saturated rings. The number of anilines is 1. The average molecular weight is 440 g/mol. The minimum Gasteiger partial charge on any atom is -0.378 e. The number of aryl methyl sites for hydroxylation is 1. The Balaban J connectivity index is 1.58. The number of hydrogen-bond donors (Lipinski definition) is 1. The van der Waals surface area contributed by atoms with Crippen molar-refractivity contribution in [2.24, 2.45) is 0 Å². The zero-order valence-electron chi connectivity index (χ0n) is 17.1. The molecule has 1 saturated heterocycles. The predicted molar refractivity (Wildman–Crippen MR) is 118 cm³/mol. The number of para-hydroxylation sites is 1. The maximum Gasteiger partial charge on any atom is 0.296 e. The molecule has 2 aromatic carbocycles. The largest absolute Gasteiger partial charge is 0.378 e. The molecule has 31 heavy (non-hydrogen) atoms. The Hall–Kier alpha value is -3.16. The smallest absolute Gasteiger partial charge is 0.296 e. The number of benzene rings is 2. The van der Waals surface area contributed by atoms with Gasteiger partial charge in [0.15, 0.2) is 0 Å². The molecule has 4 rings (SSSR count). The molecule has 7 nitrogen and oxygen atoms in total. The van der Waals surface area contributed by atoms with Gasteiger partial charge in [-0.3, -0.25) is 14.4 Å². The van der Waals surface area contributed by atoms with Gasteiger partial charge >= 0.3 is 0 Å². The third-order valence-corrected chi connectivity index (χ3v) is 5.75. The van der Waals surface area contributed by atoms with Gasteiger partial charge in [0.25, 0.3) is 11.7 Å². The number of fused-ring (bicyclic) bond motifs is 1. The molecular formula is C23H22ClN3O4. The normalized spacial score (nSPS) is 13.9. The lowest BCUT2D eigenvalue weighted by Gasteiger charge is -2.27. The molecule has 0 saturated carbocycles. The molecule has 2 heterocycles. The van der Waals surface area contributed by atoms with Crippen LogP contribution in [-0.4, -0.2) is 53.4 Å². The van der Waals surface area contributed by atoms with Gasteiger partial charge in [-0.15, -0.1) is 0 Å². The van der Waals surface area contributed by atoms with E-state index < -0.39 is 11.7 Å². The first-order chi connectivity index (χ1) is 14.9. The second-order valence-corrected chi connectivity index (χ2v) is 7.84. The highest BCUT2D eigenvalue weighted by Gasteiger charge is 2.24. The molecule has 0 bridgehead atoms. The Kier molecular flexibility index (Phi) is 6.06. The zero-order chi connectivity index (χ0) is 22.0. The van der Waals surface area contributed by atoms with Gasteiger partial charge in [-0.1, -0.05) is 35.9 Å². The molecule has 0 aliphatic carbocycles. The van der Waals surface area contributed by atoms with E-state index in [0.717, 1.165) is 11.1 Å². The summed E-state index contributed by atoms with van der Waals surface area (Å²) in [6.45, 7) is 4.07. The van der Waals surface area contributed by atoms with Gasteiger partial charge in [-0.2, -0.15) is 0 Å². The second kappa shape index (κ2) is 8.91. The Morgan fingerprint density at radius 2 is 1.84 bits per heavy atom. The topological polar surface area (TPSA) is 80.6 Å². The average Bonchev–Trinajstić information content (AvgIpc) is 3.14. The van der Waals surface area contributed by atoms with Gasteiger partial charge < -0.3 is 19.5 Å². The van der Waals surface area contributed by atoms with Gasteiger partial charge in [0.2, 0.25) is 5.91 Å². The van der Waals surface area contributed by atoms with Crippen molar-refractivity contribution in [2.75, 3.05) is 31.6 Å². The number of carbonyl (C=O) groups is 3. The molecule has 1 aliphatic heterocycles. The van der Waals surface area contributed by atoms with E-state index in [1.54, 1.807) is 46.0 Å². The zero-order valence-corrected chi connectivity index (χ0v) is 17.8. The van der Waals surface area contributed by atoms with Crippen molar-refractivity contribution < 1.29 is 19.1 Å². The summed E-state index contributed by atoms with van der Waals surface area (Å²) in [5.41, 5.74) is 2.29. The number of Topliss-reactive ketones (excluding diaryl/α,β-unsaturated/α-hetero) is 1. The number of ketones is 1. The Labute approximate surface area is 184 Å². The van der Waals surface area contributed by atoms with Crippen molar-refractivity contribution in [3.8, 4) is 0 Å². The van der Waals surface area contributed by atoms with Crippen LogP contribution < -0.4 is 5.32 Å². The summed E-state index contributed by atoms with van der Waals surface area (Å²) in [6.07, 6.45) is 1.58. The van der Waals surface area contributed by atoms with Gasteiger partial charge in [0.1, 0.15) is 6.54 Å². The molecule has 1 aromatic heterocycles. The quantitative estimate of drug-likeness (QED) is 0.488. The van der Waals surface area contributed by atoms with E-state index in [-0.39, 0.29) is 18.0 Å². The maximum atomic E-state index is 12.9. The van der Waals surface area contributed by atoms with Crippen LogP contribution in [0, 0.1) is 6.92 Å². The number of rotatable bonds is 5. The summed E-state index contributed by atoms with van der Waals surface area (Å²) >= 11 is 6.10. The molecular weight excluding hydrogens is 418 g/mol. The highest BCUT2D eigenvalue weighted by molar-refractivity contribution is 6.48. The maximum absolute atomic E-state index is 12.9. The SMILES string of the molecule is Cc1ccc(NC(=O)C(=O)c2cn(CC(=O)N3CCOCC3)c3ccccc23)cc1Cl. The second-order valence-electron chi connectivity index (χ2n) is 7.43. The van der Waals surface area contributed by atoms with Crippen molar-refractivity contribution in [1.82, 2.24) is 9.47 Å². The van der Waals surface area contributed by atoms with Crippen molar-refractivity contribution in [3.05, 3.63) is 64.8 Å². The number of amides is 2. The van der Waals surface area contributed by atoms with Crippen LogP contribution in [0.25, 0.3) is 10.9 Å². The molecule has 0 radical (unpaired) electrons. The van der Waals surface area contributed by atoms with Crippen LogP contribution in [0.4, 0.5) is 5.69 Å². The molecule has 0 spiro atoms. The fraction of sp³-hybridized carbons (Fsp3) is 0.261. The fourth-order valence-electron chi connectivity index (χ4n) is 3.60. The number of aromatic nitrogens is 1. The highest BCUT2D eigenvalue weighted by atomic mass is 35.5. The Morgan fingerprint density at radius 1 is 1.10 bits per heavy atom. The number of nitrogens with zero attached hydrogens (tertiary/aromatic N) is 2. The van der Waals surface area contributed by atoms with E-state index in [0.29, 0.717) is 42.4 Å². The summed E-state index contributed by atoms with van der Waals surface area (Å²) in [5.74, 6) is -1.49. The van der Waals surface area contributed by atoms with Gasteiger partial charge in [-0.05, 0) is 30.7 Å². The Morgan fingerprint density at radius 3 is 2.58 bits per heavy atom. The fourth-order valence-corrected chi connectivity index (χ4v) is 3.78. The van der Waals surface area contributed by atoms with Crippen molar-refractivity contribution in [1.29, 1.82) is 0 Å². The number of carbonyl (C=O) groups excluding carboxylic acids is 3. The lowest BCUT2D eigenvalue weighted by molar-refractivity contribution is -0.135. The molecule has 160 valence electrons. The number of ether oxygens (including phenoxy) is 1. The van der Waals surface area contributed by atoms with E-state index in [4.69, 9.17) is 16.3 Å². The number of hydrogen-bond acceptors (Lipinski definition) is 4. The Bertz CT molecular complexity index is 1160. The predicted octanol–water partition coefficient (Wildman–Crippen LogP) is 3.28. The third-order valence-electron chi connectivity index (χ3n) is 5.34. The summed E-state index contributed by atoms with van der Waals surface area (Å²) in [7, 11) is 0. The molecule has 3 aromatic rings. The first kappa shape index (κ1) is 21.1. The van der Waals surface area contributed by atoms with E-state index >= 15 is 0 Å². The van der Waals surface area contributed by atoms with E-state index in [1.165, 1.54) is 0 Å². The van der Waals surface area contributed by atoms with Crippen LogP contribution in [0.5, 0.6) is 0 Å². The molecule has 1 N–H and O–H groups in total. The summed E-state index contributed by atoms with van der Waals surface area (Å²) in [5, 5.41) is 3.73. The van der Waals surface area contributed by atoms with Crippen LogP contribution in [0.3, 0.4) is 0 Å². The minimum absolute atomic E-state index is 0.0539. The monoisotopic (exact) mass is 439 g/mol. The lowest BCUT2D eigenvalue weighted by Crippen LogP contribution is -2.42. The summed E-state index contributed by atoms with van der Waals surface area (Å²) in [6, 6.07) is 12.3. The van der Waals surface area contributed by atoms with Crippen molar-refractivity contribution in [3.63, 3.8) is 0 Å². The summed E-state index contributed by atoms with van der Waals surface area (Å²) < 4.78 is 7.02. The number of nitrogens with one attached hydrogen (secondary N) is 1. The van der Waals surface area contributed by atoms with Crippen LogP contribution in [-0.2, 0) is 20.9 Å². The standard InChI is InChI=1S/C23H22ClN3O4/c1-15-6-7-16(12-19(15)24)25-23(30)22(29)18-13-27(20-5-3-2-4-17(18)20)14-21(28)26-8-10-31-11-9-26/h2-7,12-13H,8-11,14H2,1H3,(H,25,30). The highest BCUT2D eigenvalue weighted by Crippen LogP contribution is 2.24. The van der Waals surface area contributed by atoms with Crippen LogP contribution in [0.2, 0.25) is 5.02 Å². The van der Waals surface area contributed by atoms with E-state index in [9.17, 15) is 14.4 Å². The molecule has 8 heteroatoms. The number of morpholine rings is 1. The van der Waals surface area contributed by atoms with Gasteiger partial charge in [0, 0.05) is 40.9 Å². The van der Waals surface area contributed by atoms with E-state index in [2.05, 4.69) is 5.32 Å². The van der Waals surface area contributed by atoms with Gasteiger partial charge in [0.05, 0.1) is 18.8 Å². The van der Waals surface area contributed by atoms with Crippen LogP contribution >= 0.6 is 11.6 Å². The molecule has 2 amide bonds. The van der Waals surface area contributed by atoms with Crippen molar-refractivity contribution in [2.45, 2.75) is 13.5 Å². The molecule has 0 atom stereocenters. The van der Waals surface area contributed by atoms with E-state index in [1.807, 2.05) is 19.1 Å². The van der Waals surface area contributed by atoms with Crippen LogP contribution in [0.15, 0.2) is 48.7 Å². The third kappa shape index (κ3) is 4.47. The lowest BCUT2D eigenvalue weighted by atomic mass is 10.1. The molecule has 0 unspecified atom stereocenters. The first-order valence-corrected chi connectivity index (χ1v) is 10.4. The molecule has 1 aliphatic rings. The van der Waals surface area contributed by atoms with Crippen molar-refractivity contribution >= 4 is 45.8 Å². The number of halogens is 1. The first-order valence-electron chi connectivity index (χ1n) is 9.99. The summed E-state index contributed by atoms with van der Waals surface area (Å²) in [4.78, 5) is 40.0.